The number of Topliss-reactive ketones (excluding diaryl/α,β-unsaturated/α-hetero) is 1. The molecule has 0 radical (unpaired) electrons. The van der Waals surface area contributed by atoms with E-state index in [2.05, 4.69) is 0 Å². The van der Waals surface area contributed by atoms with Crippen LogP contribution in [0.25, 0.3) is 0 Å². The molecule has 0 aliphatic carbocycles. The van der Waals surface area contributed by atoms with Crippen molar-refractivity contribution in [2.24, 2.45) is 0 Å². The quantitative estimate of drug-likeness (QED) is 0.486. The van der Waals surface area contributed by atoms with Crippen LogP contribution < -0.4 is 0 Å². The van der Waals surface area contributed by atoms with Gasteiger partial charge in [0.05, 0.1) is 0 Å². The molecule has 0 saturated heterocycles. The topological polar surface area (TPSA) is 17.1 Å². The molecule has 0 N–H and O–H groups in total. The van der Waals surface area contributed by atoms with Crippen LogP contribution in [-0.4, -0.2) is 5.78 Å². The van der Waals surface area contributed by atoms with Crippen molar-refractivity contribution in [1.82, 2.24) is 0 Å². The molecule has 11 heavy (non-hydrogen) atoms. The Labute approximate surface area is 76.7 Å². The minimum absolute atomic E-state index is 0.0268. The molecule has 0 amide bonds. The summed E-state index contributed by atoms with van der Waals surface area (Å²) in [5.74, 6) is 0.0268. The maximum absolute atomic E-state index is 10.7. The van der Waals surface area contributed by atoms with Crippen molar-refractivity contribution in [3.8, 4) is 0 Å². The Morgan fingerprint density at radius 2 is 1.64 bits per heavy atom. The molecular weight excluding hydrogens is 183 g/mol. The SMILES string of the molecule is CC(=O)C(C)=CC(C)=C(Cl)Cl. The van der Waals surface area contributed by atoms with Crippen LogP contribution in [-0.2, 0) is 4.79 Å². The molecule has 0 atom stereocenters. The molecular formula is C8H10Cl2O. The molecule has 0 aliphatic heterocycles. The number of hydrogen-bond donors (Lipinski definition) is 0. The molecule has 62 valence electrons. The fourth-order valence-electron chi connectivity index (χ4n) is 0.481. The summed E-state index contributed by atoms with van der Waals surface area (Å²) in [6.45, 7) is 4.98. The van der Waals surface area contributed by atoms with Crippen molar-refractivity contribution in [2.45, 2.75) is 20.8 Å². The summed E-state index contributed by atoms with van der Waals surface area (Å²) in [6.07, 6.45) is 1.66. The van der Waals surface area contributed by atoms with Gasteiger partial charge in [0, 0.05) is 0 Å². The molecule has 0 heterocycles. The first-order chi connectivity index (χ1) is 4.95. The lowest BCUT2D eigenvalue weighted by Crippen LogP contribution is -1.91. The van der Waals surface area contributed by atoms with E-state index in [1.54, 1.807) is 19.9 Å². The first kappa shape index (κ1) is 10.7. The van der Waals surface area contributed by atoms with Crippen LogP contribution in [0, 0.1) is 0 Å². The largest absolute Gasteiger partial charge is 0.295 e. The Morgan fingerprint density at radius 1 is 1.18 bits per heavy atom. The minimum atomic E-state index is 0.0268. The van der Waals surface area contributed by atoms with Crippen LogP contribution in [0.5, 0.6) is 0 Å². The third-order valence-electron chi connectivity index (χ3n) is 1.29. The van der Waals surface area contributed by atoms with Gasteiger partial charge in [0.25, 0.3) is 0 Å². The van der Waals surface area contributed by atoms with Gasteiger partial charge in [-0.2, -0.15) is 0 Å². The van der Waals surface area contributed by atoms with E-state index in [0.29, 0.717) is 11.1 Å². The molecule has 0 bridgehead atoms. The summed E-state index contributed by atoms with van der Waals surface area (Å²) in [4.78, 5) is 10.7. The van der Waals surface area contributed by atoms with Crippen LogP contribution in [0.1, 0.15) is 20.8 Å². The highest BCUT2D eigenvalue weighted by Gasteiger charge is 1.97. The van der Waals surface area contributed by atoms with Crippen LogP contribution in [0.15, 0.2) is 21.7 Å². The molecule has 0 aliphatic rings. The van der Waals surface area contributed by atoms with Crippen molar-refractivity contribution in [3.05, 3.63) is 21.7 Å². The van der Waals surface area contributed by atoms with Gasteiger partial charge >= 0.3 is 0 Å². The number of hydrogen-bond acceptors (Lipinski definition) is 1. The van der Waals surface area contributed by atoms with E-state index >= 15 is 0 Å². The Bertz CT molecular complexity index is 222. The zero-order valence-corrected chi connectivity index (χ0v) is 8.25. The number of ketones is 1. The molecule has 0 aromatic rings. The fraction of sp³-hybridized carbons (Fsp3) is 0.375. The lowest BCUT2D eigenvalue weighted by atomic mass is 10.1. The van der Waals surface area contributed by atoms with Gasteiger partial charge < -0.3 is 0 Å². The predicted molar refractivity (Wildman–Crippen MR) is 48.8 cm³/mol. The lowest BCUT2D eigenvalue weighted by Gasteiger charge is -1.95. The smallest absolute Gasteiger partial charge is 0.155 e. The van der Waals surface area contributed by atoms with Gasteiger partial charge in [-0.05, 0) is 31.9 Å². The first-order valence-electron chi connectivity index (χ1n) is 3.16. The van der Waals surface area contributed by atoms with Gasteiger partial charge in [0.2, 0.25) is 0 Å². The number of carbonyl (C=O) groups is 1. The number of allylic oxidation sites excluding steroid dienone is 3. The van der Waals surface area contributed by atoms with E-state index in [0.717, 1.165) is 0 Å². The highest BCUT2D eigenvalue weighted by atomic mass is 35.5. The van der Waals surface area contributed by atoms with Crippen LogP contribution >= 0.6 is 23.2 Å². The second-order valence-corrected chi connectivity index (χ2v) is 3.28. The van der Waals surface area contributed by atoms with E-state index in [9.17, 15) is 4.79 Å². The lowest BCUT2D eigenvalue weighted by molar-refractivity contribution is -0.113. The standard InChI is InChI=1S/C8H10Cl2O/c1-5(7(3)11)4-6(2)8(9)10/h4H,1-3H3. The van der Waals surface area contributed by atoms with Gasteiger partial charge in [-0.25, -0.2) is 0 Å². The normalized spacial score (nSPS) is 11.2. The third kappa shape index (κ3) is 4.23. The Hall–Kier alpha value is -0.270. The van der Waals surface area contributed by atoms with Crippen molar-refractivity contribution in [1.29, 1.82) is 0 Å². The molecule has 0 spiro atoms. The van der Waals surface area contributed by atoms with Crippen molar-refractivity contribution >= 4 is 29.0 Å². The van der Waals surface area contributed by atoms with Gasteiger partial charge in [0.15, 0.2) is 5.78 Å². The molecule has 0 rings (SSSR count). The summed E-state index contributed by atoms with van der Waals surface area (Å²) in [5, 5.41) is 0. The van der Waals surface area contributed by atoms with Gasteiger partial charge in [0.1, 0.15) is 4.49 Å². The Morgan fingerprint density at radius 3 is 1.91 bits per heavy atom. The van der Waals surface area contributed by atoms with Gasteiger partial charge in [-0.15, -0.1) is 0 Å². The average Bonchev–Trinajstić information content (AvgIpc) is 1.87. The van der Waals surface area contributed by atoms with E-state index in [-0.39, 0.29) is 10.3 Å². The summed E-state index contributed by atoms with van der Waals surface area (Å²) >= 11 is 10.9. The van der Waals surface area contributed by atoms with E-state index in [1.807, 2.05) is 0 Å². The van der Waals surface area contributed by atoms with E-state index < -0.39 is 0 Å². The highest BCUT2D eigenvalue weighted by molar-refractivity contribution is 6.56. The molecule has 1 nitrogen and oxygen atoms in total. The maximum Gasteiger partial charge on any atom is 0.155 e. The van der Waals surface area contributed by atoms with E-state index in [1.165, 1.54) is 6.92 Å². The van der Waals surface area contributed by atoms with Crippen molar-refractivity contribution in [3.63, 3.8) is 0 Å². The Kier molecular flexibility index (Phi) is 4.46. The molecule has 0 fully saturated rings. The van der Waals surface area contributed by atoms with Crippen LogP contribution in [0.4, 0.5) is 0 Å². The second kappa shape index (κ2) is 4.58. The average molecular weight is 193 g/mol. The summed E-state index contributed by atoms with van der Waals surface area (Å²) < 4.78 is 0.200. The van der Waals surface area contributed by atoms with Crippen molar-refractivity contribution in [2.75, 3.05) is 0 Å². The zero-order valence-electron chi connectivity index (χ0n) is 6.74. The maximum atomic E-state index is 10.7. The molecule has 0 unspecified atom stereocenters. The number of carbonyl (C=O) groups excluding carboxylic acids is 1. The number of rotatable bonds is 2. The summed E-state index contributed by atoms with van der Waals surface area (Å²) in [5.41, 5.74) is 1.36. The molecule has 0 aromatic heterocycles. The molecule has 0 aromatic carbocycles. The Balaban J connectivity index is 4.58. The highest BCUT2D eigenvalue weighted by Crippen LogP contribution is 2.15. The summed E-state index contributed by atoms with van der Waals surface area (Å²) in [7, 11) is 0. The van der Waals surface area contributed by atoms with Gasteiger partial charge in [-0.1, -0.05) is 29.3 Å². The zero-order chi connectivity index (χ0) is 9.02. The number of halogens is 2. The fourth-order valence-corrected chi connectivity index (χ4v) is 0.590. The van der Waals surface area contributed by atoms with E-state index in [4.69, 9.17) is 23.2 Å². The molecule has 0 saturated carbocycles. The van der Waals surface area contributed by atoms with Crippen molar-refractivity contribution < 1.29 is 4.79 Å². The third-order valence-corrected chi connectivity index (χ3v) is 1.88. The molecule has 3 heteroatoms. The minimum Gasteiger partial charge on any atom is -0.295 e. The van der Waals surface area contributed by atoms with Crippen LogP contribution in [0.3, 0.4) is 0 Å². The van der Waals surface area contributed by atoms with Crippen LogP contribution in [0.2, 0.25) is 0 Å². The van der Waals surface area contributed by atoms with Gasteiger partial charge in [-0.3, -0.25) is 4.79 Å². The first-order valence-corrected chi connectivity index (χ1v) is 3.92. The summed E-state index contributed by atoms with van der Waals surface area (Å²) in [6, 6.07) is 0. The monoisotopic (exact) mass is 192 g/mol. The second-order valence-electron chi connectivity index (χ2n) is 2.33. The predicted octanol–water partition coefficient (Wildman–Crippen LogP) is 3.23.